The third-order valence-electron chi connectivity index (χ3n) is 4.18. The highest BCUT2D eigenvalue weighted by molar-refractivity contribution is 9.10. The van der Waals surface area contributed by atoms with Gasteiger partial charge in [-0.25, -0.2) is 0 Å². The molecule has 102 valence electrons. The Morgan fingerprint density at radius 2 is 2.21 bits per heavy atom. The van der Waals surface area contributed by atoms with Crippen molar-refractivity contribution in [2.75, 3.05) is 19.0 Å². The Bertz CT molecular complexity index is 517. The predicted octanol–water partition coefficient (Wildman–Crippen LogP) is 4.74. The van der Waals surface area contributed by atoms with Gasteiger partial charge in [-0.3, -0.25) is 0 Å². The van der Waals surface area contributed by atoms with E-state index in [4.69, 9.17) is 16.3 Å². The minimum Gasteiger partial charge on any atom is -0.493 e. The summed E-state index contributed by atoms with van der Waals surface area (Å²) >= 11 is 9.58. The number of hydrogen-bond donors (Lipinski definition) is 1. The Morgan fingerprint density at radius 1 is 1.37 bits per heavy atom. The van der Waals surface area contributed by atoms with Crippen LogP contribution in [0.25, 0.3) is 0 Å². The van der Waals surface area contributed by atoms with Crippen molar-refractivity contribution in [1.29, 1.82) is 0 Å². The Balaban J connectivity index is 1.71. The number of rotatable bonds is 4. The molecule has 1 aromatic rings. The van der Waals surface area contributed by atoms with Gasteiger partial charge in [0, 0.05) is 11.6 Å². The lowest BCUT2D eigenvalue weighted by Gasteiger charge is -2.20. The maximum atomic E-state index is 6.10. The van der Waals surface area contributed by atoms with Crippen LogP contribution in [0.1, 0.15) is 12.8 Å². The molecular weight excluding hydrogens is 326 g/mol. The van der Waals surface area contributed by atoms with Gasteiger partial charge in [-0.1, -0.05) is 23.8 Å². The van der Waals surface area contributed by atoms with Gasteiger partial charge in [0.05, 0.1) is 17.3 Å². The minimum atomic E-state index is 0.711. The van der Waals surface area contributed by atoms with Crippen LogP contribution in [0.5, 0.6) is 5.75 Å². The molecule has 3 atom stereocenters. The van der Waals surface area contributed by atoms with E-state index >= 15 is 0 Å². The van der Waals surface area contributed by atoms with E-state index in [2.05, 4.69) is 33.4 Å². The van der Waals surface area contributed by atoms with E-state index in [0.717, 1.165) is 40.2 Å². The van der Waals surface area contributed by atoms with Crippen molar-refractivity contribution in [2.24, 2.45) is 17.8 Å². The number of halogens is 2. The SMILES string of the molecule is COc1c(Br)cc(Cl)cc1NCC1CC2C=CC1C2. The van der Waals surface area contributed by atoms with E-state index in [1.807, 2.05) is 12.1 Å². The summed E-state index contributed by atoms with van der Waals surface area (Å²) in [6.45, 7) is 0.981. The van der Waals surface area contributed by atoms with Gasteiger partial charge in [0.25, 0.3) is 0 Å². The summed E-state index contributed by atoms with van der Waals surface area (Å²) in [5.74, 6) is 3.12. The van der Waals surface area contributed by atoms with Crippen molar-refractivity contribution in [3.05, 3.63) is 33.8 Å². The molecule has 1 N–H and O–H groups in total. The lowest BCUT2D eigenvalue weighted by Crippen LogP contribution is -2.18. The van der Waals surface area contributed by atoms with Gasteiger partial charge < -0.3 is 10.1 Å². The molecule has 0 aliphatic heterocycles. The summed E-state index contributed by atoms with van der Waals surface area (Å²) in [6, 6.07) is 3.78. The zero-order chi connectivity index (χ0) is 13.4. The normalized spacial score (nSPS) is 27.8. The van der Waals surface area contributed by atoms with Crippen molar-refractivity contribution in [3.8, 4) is 5.75 Å². The first-order valence-corrected chi connectivity index (χ1v) is 7.79. The van der Waals surface area contributed by atoms with E-state index in [-0.39, 0.29) is 0 Å². The first kappa shape index (κ1) is 13.3. The third kappa shape index (κ3) is 2.63. The molecule has 2 aliphatic rings. The molecule has 0 heterocycles. The lowest BCUT2D eigenvalue weighted by atomic mass is 9.93. The number of benzene rings is 1. The molecule has 0 spiro atoms. The van der Waals surface area contributed by atoms with Crippen LogP contribution in [0, 0.1) is 17.8 Å². The first-order chi connectivity index (χ1) is 9.17. The number of allylic oxidation sites excluding steroid dienone is 2. The molecule has 4 heteroatoms. The fraction of sp³-hybridized carbons (Fsp3) is 0.467. The smallest absolute Gasteiger partial charge is 0.156 e. The number of fused-ring (bicyclic) bond motifs is 2. The Hall–Kier alpha value is -0.670. The molecule has 0 aromatic heterocycles. The molecular formula is C15H17BrClNO. The van der Waals surface area contributed by atoms with Crippen LogP contribution in [0.15, 0.2) is 28.8 Å². The van der Waals surface area contributed by atoms with Gasteiger partial charge in [-0.2, -0.15) is 0 Å². The Kier molecular flexibility index (Phi) is 3.77. The zero-order valence-corrected chi connectivity index (χ0v) is 13.2. The maximum absolute atomic E-state index is 6.10. The molecule has 2 aliphatic carbocycles. The molecule has 0 radical (unpaired) electrons. The van der Waals surface area contributed by atoms with Crippen LogP contribution in [0.4, 0.5) is 5.69 Å². The molecule has 3 unspecified atom stereocenters. The summed E-state index contributed by atoms with van der Waals surface area (Å²) in [4.78, 5) is 0. The van der Waals surface area contributed by atoms with Gasteiger partial charge in [-0.05, 0) is 58.7 Å². The molecule has 0 saturated heterocycles. The summed E-state index contributed by atoms with van der Waals surface area (Å²) < 4.78 is 6.31. The van der Waals surface area contributed by atoms with Gasteiger partial charge in [0.15, 0.2) is 5.75 Å². The van der Waals surface area contributed by atoms with Crippen molar-refractivity contribution in [3.63, 3.8) is 0 Å². The highest BCUT2D eigenvalue weighted by Crippen LogP contribution is 2.44. The first-order valence-electron chi connectivity index (χ1n) is 6.62. The largest absolute Gasteiger partial charge is 0.493 e. The standard InChI is InChI=1S/C15H17BrClNO/c1-19-15-13(16)6-12(17)7-14(15)18-8-11-5-9-2-3-10(11)4-9/h2-3,6-7,9-11,18H,4-5,8H2,1H3. The summed E-state index contributed by atoms with van der Waals surface area (Å²) in [5.41, 5.74) is 0.966. The van der Waals surface area contributed by atoms with Crippen LogP contribution in [0.3, 0.4) is 0 Å². The van der Waals surface area contributed by atoms with E-state index in [0.29, 0.717) is 5.02 Å². The maximum Gasteiger partial charge on any atom is 0.156 e. The molecule has 1 aromatic carbocycles. The second kappa shape index (κ2) is 5.37. The average Bonchev–Trinajstić information content (AvgIpc) is 2.97. The van der Waals surface area contributed by atoms with Crippen molar-refractivity contribution in [1.82, 2.24) is 0 Å². The molecule has 3 rings (SSSR count). The number of anilines is 1. The summed E-state index contributed by atoms with van der Waals surface area (Å²) in [5, 5.41) is 4.21. The highest BCUT2D eigenvalue weighted by Gasteiger charge is 2.35. The predicted molar refractivity (Wildman–Crippen MR) is 83.0 cm³/mol. The molecule has 1 saturated carbocycles. The molecule has 0 amide bonds. The summed E-state index contributed by atoms with van der Waals surface area (Å²) in [7, 11) is 1.68. The highest BCUT2D eigenvalue weighted by atomic mass is 79.9. The average molecular weight is 343 g/mol. The van der Waals surface area contributed by atoms with E-state index in [1.165, 1.54) is 12.8 Å². The van der Waals surface area contributed by atoms with Crippen molar-refractivity contribution in [2.45, 2.75) is 12.8 Å². The van der Waals surface area contributed by atoms with Crippen LogP contribution >= 0.6 is 27.5 Å². The molecule has 19 heavy (non-hydrogen) atoms. The number of ether oxygens (including phenoxy) is 1. The molecule has 2 bridgehead atoms. The fourth-order valence-corrected chi connectivity index (χ4v) is 4.24. The topological polar surface area (TPSA) is 21.3 Å². The van der Waals surface area contributed by atoms with Crippen LogP contribution in [-0.2, 0) is 0 Å². The summed E-state index contributed by atoms with van der Waals surface area (Å²) in [6.07, 6.45) is 7.39. The van der Waals surface area contributed by atoms with Crippen LogP contribution in [-0.4, -0.2) is 13.7 Å². The zero-order valence-electron chi connectivity index (χ0n) is 10.8. The van der Waals surface area contributed by atoms with Gasteiger partial charge in [-0.15, -0.1) is 0 Å². The third-order valence-corrected chi connectivity index (χ3v) is 4.99. The van der Waals surface area contributed by atoms with Crippen molar-refractivity contribution >= 4 is 33.2 Å². The Morgan fingerprint density at radius 3 is 2.84 bits per heavy atom. The van der Waals surface area contributed by atoms with Crippen molar-refractivity contribution < 1.29 is 4.74 Å². The van der Waals surface area contributed by atoms with Gasteiger partial charge in [0.1, 0.15) is 0 Å². The fourth-order valence-electron chi connectivity index (χ4n) is 3.27. The minimum absolute atomic E-state index is 0.711. The van der Waals surface area contributed by atoms with E-state index in [9.17, 15) is 0 Å². The monoisotopic (exact) mass is 341 g/mol. The molecule has 2 nitrogen and oxygen atoms in total. The second-order valence-electron chi connectivity index (χ2n) is 5.39. The lowest BCUT2D eigenvalue weighted by molar-refractivity contribution is 0.412. The Labute approximate surface area is 127 Å². The number of methoxy groups -OCH3 is 1. The van der Waals surface area contributed by atoms with E-state index in [1.54, 1.807) is 7.11 Å². The number of hydrogen-bond acceptors (Lipinski definition) is 2. The van der Waals surface area contributed by atoms with Crippen LogP contribution < -0.4 is 10.1 Å². The van der Waals surface area contributed by atoms with Crippen LogP contribution in [0.2, 0.25) is 5.02 Å². The second-order valence-corrected chi connectivity index (χ2v) is 6.68. The quantitative estimate of drug-likeness (QED) is 0.798. The van der Waals surface area contributed by atoms with Gasteiger partial charge in [0.2, 0.25) is 0 Å². The molecule has 1 fully saturated rings. The number of nitrogens with one attached hydrogen (secondary N) is 1. The van der Waals surface area contributed by atoms with E-state index < -0.39 is 0 Å². The van der Waals surface area contributed by atoms with Gasteiger partial charge >= 0.3 is 0 Å².